The zero-order valence-electron chi connectivity index (χ0n) is 8.07. The van der Waals surface area contributed by atoms with Crippen molar-refractivity contribution >= 4 is 11.6 Å². The van der Waals surface area contributed by atoms with E-state index in [1.54, 1.807) is 6.20 Å². The quantitative estimate of drug-likeness (QED) is 0.579. The molecule has 2 aliphatic rings. The molecule has 0 atom stereocenters. The zero-order chi connectivity index (χ0) is 10.1. The van der Waals surface area contributed by atoms with E-state index in [-0.39, 0.29) is 0 Å². The summed E-state index contributed by atoms with van der Waals surface area (Å²) in [6, 6.07) is 4.04. The van der Waals surface area contributed by atoms with Crippen LogP contribution in [0.5, 0.6) is 0 Å². The molecule has 1 aliphatic carbocycles. The van der Waals surface area contributed by atoms with Gasteiger partial charge in [-0.25, -0.2) is 0 Å². The van der Waals surface area contributed by atoms with Gasteiger partial charge in [-0.05, 0) is 29.9 Å². The van der Waals surface area contributed by atoms with Gasteiger partial charge in [-0.3, -0.25) is 4.98 Å². The van der Waals surface area contributed by atoms with Crippen molar-refractivity contribution in [3.05, 3.63) is 59.1 Å². The van der Waals surface area contributed by atoms with Crippen LogP contribution in [0.1, 0.15) is 11.3 Å². The van der Waals surface area contributed by atoms with Crippen LogP contribution in [-0.2, 0) is 6.42 Å². The molecule has 2 heterocycles. The molecule has 0 saturated carbocycles. The van der Waals surface area contributed by atoms with E-state index in [0.717, 1.165) is 23.4 Å². The molecular weight excluding hydrogens is 184 g/mol. The first-order valence-electron chi connectivity index (χ1n) is 4.85. The number of aromatic nitrogens is 1. The van der Waals surface area contributed by atoms with Crippen LogP contribution in [0.4, 0.5) is 0 Å². The first kappa shape index (κ1) is 8.19. The van der Waals surface area contributed by atoms with Gasteiger partial charge in [0.05, 0.1) is 5.69 Å². The van der Waals surface area contributed by atoms with E-state index in [4.69, 9.17) is 0 Å². The number of allylic oxidation sites excluding steroid dienone is 4. The third-order valence-corrected chi connectivity index (χ3v) is 2.48. The van der Waals surface area contributed by atoms with Gasteiger partial charge < -0.3 is 0 Å². The van der Waals surface area contributed by atoms with E-state index in [1.165, 1.54) is 5.56 Å². The van der Waals surface area contributed by atoms with E-state index in [0.29, 0.717) is 0 Å². The minimum Gasteiger partial charge on any atom is -0.254 e. The Morgan fingerprint density at radius 1 is 1.33 bits per heavy atom. The molecule has 2 heteroatoms. The van der Waals surface area contributed by atoms with E-state index in [2.05, 4.69) is 39.8 Å². The maximum Gasteiger partial charge on any atom is 0.107 e. The topological polar surface area (TPSA) is 25.2 Å². The van der Waals surface area contributed by atoms with Gasteiger partial charge in [0.25, 0.3) is 0 Å². The summed E-state index contributed by atoms with van der Waals surface area (Å²) in [6.07, 6.45) is 8.78. The van der Waals surface area contributed by atoms with Crippen molar-refractivity contribution in [2.24, 2.45) is 4.99 Å². The Hall–Kier alpha value is -2.14. The van der Waals surface area contributed by atoms with Crippen molar-refractivity contribution in [1.29, 1.82) is 0 Å². The fourth-order valence-corrected chi connectivity index (χ4v) is 1.78. The van der Waals surface area contributed by atoms with Gasteiger partial charge >= 0.3 is 0 Å². The fourth-order valence-electron chi connectivity index (χ4n) is 1.78. The molecule has 0 aromatic carbocycles. The van der Waals surface area contributed by atoms with E-state index in [1.807, 2.05) is 12.1 Å². The van der Waals surface area contributed by atoms with E-state index >= 15 is 0 Å². The Balaban J connectivity index is 2.30. The van der Waals surface area contributed by atoms with E-state index < -0.39 is 0 Å². The number of hydrogen-bond donors (Lipinski definition) is 0. The molecule has 0 fully saturated rings. The Labute approximate surface area is 87.7 Å². The van der Waals surface area contributed by atoms with Crippen LogP contribution < -0.4 is 0 Å². The standard InChI is InChI=1S/C13H8N2/c1-4-10-6-2-8-14-12(10)13-11(5-1)7-3-9-15-13/h1-2,5-8H,4H2. The van der Waals surface area contributed by atoms with Crippen molar-refractivity contribution in [2.45, 2.75) is 6.42 Å². The second-order valence-electron chi connectivity index (χ2n) is 3.43. The third kappa shape index (κ3) is 1.29. The van der Waals surface area contributed by atoms with Crippen LogP contribution in [0.3, 0.4) is 0 Å². The molecule has 0 saturated heterocycles. The molecule has 0 N–H and O–H groups in total. The summed E-state index contributed by atoms with van der Waals surface area (Å²) in [5, 5.41) is 0. The number of nitrogens with zero attached hydrogens (tertiary/aromatic N) is 2. The Kier molecular flexibility index (Phi) is 1.76. The molecular formula is C13H8N2. The maximum absolute atomic E-state index is 4.38. The van der Waals surface area contributed by atoms with Crippen molar-refractivity contribution < 1.29 is 0 Å². The van der Waals surface area contributed by atoms with Crippen molar-refractivity contribution in [3.8, 4) is 0 Å². The molecule has 1 aliphatic heterocycles. The molecule has 0 unspecified atom stereocenters. The number of pyridine rings is 1. The summed E-state index contributed by atoms with van der Waals surface area (Å²) >= 11 is 0. The molecule has 0 radical (unpaired) electrons. The van der Waals surface area contributed by atoms with Crippen molar-refractivity contribution in [1.82, 2.24) is 4.98 Å². The minimum absolute atomic E-state index is 0.901. The second kappa shape index (κ2) is 3.21. The second-order valence-corrected chi connectivity index (χ2v) is 3.43. The van der Waals surface area contributed by atoms with Crippen LogP contribution in [0.15, 0.2) is 52.9 Å². The SMILES string of the molecule is C1=C=NC2=C(C=1)C=CCc1cccnc12. The Morgan fingerprint density at radius 2 is 2.33 bits per heavy atom. The molecule has 0 bridgehead atoms. The molecule has 70 valence electrons. The molecule has 3 rings (SSSR count). The smallest absolute Gasteiger partial charge is 0.107 e. The summed E-state index contributed by atoms with van der Waals surface area (Å²) < 4.78 is 0. The highest BCUT2D eigenvalue weighted by Gasteiger charge is 2.14. The van der Waals surface area contributed by atoms with Gasteiger partial charge in [0.2, 0.25) is 0 Å². The molecule has 0 spiro atoms. The normalized spacial score (nSPS) is 16.3. The fraction of sp³-hybridized carbons (Fsp3) is 0.0769. The predicted octanol–water partition coefficient (Wildman–Crippen LogP) is 2.30. The summed E-state index contributed by atoms with van der Waals surface area (Å²) in [6.45, 7) is 0. The van der Waals surface area contributed by atoms with Gasteiger partial charge in [-0.2, -0.15) is 4.99 Å². The lowest BCUT2D eigenvalue weighted by atomic mass is 10.1. The Morgan fingerprint density at radius 3 is 3.33 bits per heavy atom. The first-order chi connectivity index (χ1) is 7.45. The summed E-state index contributed by atoms with van der Waals surface area (Å²) in [5.41, 5.74) is 7.00. The van der Waals surface area contributed by atoms with Crippen LogP contribution >= 0.6 is 0 Å². The number of hydrogen-bond acceptors (Lipinski definition) is 2. The lowest BCUT2D eigenvalue weighted by molar-refractivity contribution is 1.15. The monoisotopic (exact) mass is 192 g/mol. The molecule has 1 aromatic rings. The van der Waals surface area contributed by atoms with Crippen molar-refractivity contribution in [2.75, 3.05) is 0 Å². The minimum atomic E-state index is 0.901. The highest BCUT2D eigenvalue weighted by Crippen LogP contribution is 2.27. The van der Waals surface area contributed by atoms with Gasteiger partial charge in [-0.15, -0.1) is 0 Å². The van der Waals surface area contributed by atoms with Gasteiger partial charge in [0.1, 0.15) is 5.70 Å². The number of aliphatic imine (C=N–C) groups is 1. The highest BCUT2D eigenvalue weighted by atomic mass is 14.8. The van der Waals surface area contributed by atoms with Crippen LogP contribution in [0, 0.1) is 0 Å². The average molecular weight is 192 g/mol. The summed E-state index contributed by atoms with van der Waals surface area (Å²) in [4.78, 5) is 8.61. The van der Waals surface area contributed by atoms with Gasteiger partial charge in [0.15, 0.2) is 0 Å². The molecule has 15 heavy (non-hydrogen) atoms. The zero-order valence-corrected chi connectivity index (χ0v) is 8.07. The highest BCUT2D eigenvalue weighted by molar-refractivity contribution is 5.80. The molecule has 1 aromatic heterocycles. The first-order valence-corrected chi connectivity index (χ1v) is 4.85. The van der Waals surface area contributed by atoms with Gasteiger partial charge in [-0.1, -0.05) is 18.2 Å². The maximum atomic E-state index is 4.38. The lowest BCUT2D eigenvalue weighted by Gasteiger charge is -2.06. The van der Waals surface area contributed by atoms with Crippen LogP contribution in [-0.4, -0.2) is 10.9 Å². The van der Waals surface area contributed by atoms with Gasteiger partial charge in [0, 0.05) is 17.6 Å². The molecule has 0 amide bonds. The number of fused-ring (bicyclic) bond motifs is 2. The average Bonchev–Trinajstić information content (AvgIpc) is 2.48. The largest absolute Gasteiger partial charge is 0.254 e. The lowest BCUT2D eigenvalue weighted by Crippen LogP contribution is -1.95. The number of rotatable bonds is 0. The molecule has 2 nitrogen and oxygen atoms in total. The predicted molar refractivity (Wildman–Crippen MR) is 59.5 cm³/mol. The van der Waals surface area contributed by atoms with Crippen molar-refractivity contribution in [3.63, 3.8) is 0 Å². The van der Waals surface area contributed by atoms with Crippen LogP contribution in [0.25, 0.3) is 5.70 Å². The Bertz CT molecular complexity index is 578. The van der Waals surface area contributed by atoms with Crippen LogP contribution in [0.2, 0.25) is 0 Å². The third-order valence-electron chi connectivity index (χ3n) is 2.48. The van der Waals surface area contributed by atoms with E-state index in [9.17, 15) is 0 Å². The summed E-state index contributed by atoms with van der Waals surface area (Å²) in [7, 11) is 0. The summed E-state index contributed by atoms with van der Waals surface area (Å²) in [5.74, 6) is 2.74.